The number of aromatic amines is 1. The van der Waals surface area contributed by atoms with Gasteiger partial charge in [-0.1, -0.05) is 12.8 Å². The van der Waals surface area contributed by atoms with E-state index in [1.54, 1.807) is 13.8 Å². The van der Waals surface area contributed by atoms with Gasteiger partial charge >= 0.3 is 5.97 Å². The van der Waals surface area contributed by atoms with Crippen LogP contribution in [0, 0.1) is 6.92 Å². The summed E-state index contributed by atoms with van der Waals surface area (Å²) in [6.45, 7) is 5.95. The number of aromatic nitrogens is 2. The van der Waals surface area contributed by atoms with Gasteiger partial charge in [0.2, 0.25) is 0 Å². The maximum Gasteiger partial charge on any atom is 0.348 e. The van der Waals surface area contributed by atoms with E-state index in [2.05, 4.69) is 22.2 Å². The third-order valence-corrected chi connectivity index (χ3v) is 6.34. The number of quaternary nitrogens is 1. The molecule has 3 N–H and O–H groups in total. The molecule has 26 heavy (non-hydrogen) atoms. The monoisotopic (exact) mass is 378 g/mol. The van der Waals surface area contributed by atoms with Crippen LogP contribution in [-0.4, -0.2) is 28.6 Å². The Kier molecular flexibility index (Phi) is 6.09. The fourth-order valence-corrected chi connectivity index (χ4v) is 4.85. The summed E-state index contributed by atoms with van der Waals surface area (Å²) in [5.74, 6) is 0.301. The van der Waals surface area contributed by atoms with E-state index in [1.807, 2.05) is 0 Å². The molecule has 0 radical (unpaired) electrons. The number of thiophene rings is 1. The van der Waals surface area contributed by atoms with Gasteiger partial charge in [-0.3, -0.25) is 4.79 Å². The summed E-state index contributed by atoms with van der Waals surface area (Å²) in [6.07, 6.45) is 7.66. The molecule has 0 bridgehead atoms. The van der Waals surface area contributed by atoms with Gasteiger partial charge in [0.05, 0.1) is 18.0 Å². The van der Waals surface area contributed by atoms with Crippen molar-refractivity contribution in [3.63, 3.8) is 0 Å². The minimum Gasteiger partial charge on any atom is -0.462 e. The van der Waals surface area contributed by atoms with Gasteiger partial charge in [-0.15, -0.1) is 11.3 Å². The maximum absolute atomic E-state index is 12.6. The summed E-state index contributed by atoms with van der Waals surface area (Å²) in [5.41, 5.74) is 0.486. The summed E-state index contributed by atoms with van der Waals surface area (Å²) < 4.78 is 5.09. The number of rotatable bonds is 5. The Morgan fingerprint density at radius 2 is 2.04 bits per heavy atom. The number of ether oxygens (including phenoxy) is 1. The molecule has 1 aliphatic carbocycles. The van der Waals surface area contributed by atoms with Gasteiger partial charge in [0.25, 0.3) is 5.56 Å². The summed E-state index contributed by atoms with van der Waals surface area (Å²) in [6, 6.07) is 0.678. The topological polar surface area (TPSA) is 88.7 Å². The lowest BCUT2D eigenvalue weighted by Crippen LogP contribution is -2.90. The SMILES string of the molecule is CCOC(=O)c1sc2nc([C@@H](C)[NH2+]C3CCCCCC3)[nH]c(=O)c2c1C. The van der Waals surface area contributed by atoms with Crippen molar-refractivity contribution >= 4 is 27.5 Å². The minimum atomic E-state index is -0.382. The van der Waals surface area contributed by atoms with E-state index in [0.29, 0.717) is 39.1 Å². The largest absolute Gasteiger partial charge is 0.462 e. The molecular formula is C19H28N3O3S+. The lowest BCUT2D eigenvalue weighted by Gasteiger charge is -2.18. The highest BCUT2D eigenvalue weighted by Gasteiger charge is 2.24. The zero-order valence-corrected chi connectivity index (χ0v) is 16.6. The first-order valence-corrected chi connectivity index (χ1v) is 10.4. The second-order valence-corrected chi connectivity index (χ2v) is 8.14. The van der Waals surface area contributed by atoms with Crippen LogP contribution < -0.4 is 10.9 Å². The zero-order chi connectivity index (χ0) is 18.7. The molecule has 1 aliphatic rings. The fraction of sp³-hybridized carbons (Fsp3) is 0.632. The van der Waals surface area contributed by atoms with Gasteiger partial charge in [-0.2, -0.15) is 0 Å². The lowest BCUT2D eigenvalue weighted by molar-refractivity contribution is -0.727. The number of carbonyl (C=O) groups excluding carboxylic acids is 1. The highest BCUT2D eigenvalue weighted by atomic mass is 32.1. The van der Waals surface area contributed by atoms with Crippen molar-refractivity contribution in [2.24, 2.45) is 0 Å². The highest BCUT2D eigenvalue weighted by molar-refractivity contribution is 7.20. The van der Waals surface area contributed by atoms with E-state index in [1.165, 1.54) is 49.9 Å². The third-order valence-electron chi connectivity index (χ3n) is 5.17. The first-order chi connectivity index (χ1) is 12.5. The van der Waals surface area contributed by atoms with Crippen molar-refractivity contribution in [3.8, 4) is 0 Å². The van der Waals surface area contributed by atoms with Gasteiger partial charge in [0, 0.05) is 0 Å². The number of carbonyl (C=O) groups is 1. The summed E-state index contributed by atoms with van der Waals surface area (Å²) >= 11 is 1.25. The molecule has 6 nitrogen and oxygen atoms in total. The van der Waals surface area contributed by atoms with Crippen LogP contribution in [0.3, 0.4) is 0 Å². The molecule has 0 aromatic carbocycles. The van der Waals surface area contributed by atoms with Crippen LogP contribution in [-0.2, 0) is 4.74 Å². The molecule has 0 aliphatic heterocycles. The average Bonchev–Trinajstić information content (AvgIpc) is 2.77. The number of nitrogens with two attached hydrogens (primary N) is 1. The highest BCUT2D eigenvalue weighted by Crippen LogP contribution is 2.28. The third kappa shape index (κ3) is 3.99. The van der Waals surface area contributed by atoms with Gasteiger partial charge in [-0.05, 0) is 52.0 Å². The van der Waals surface area contributed by atoms with Crippen molar-refractivity contribution in [1.29, 1.82) is 0 Å². The van der Waals surface area contributed by atoms with Crippen molar-refractivity contribution in [2.45, 2.75) is 71.4 Å². The second kappa shape index (κ2) is 8.31. The summed E-state index contributed by atoms with van der Waals surface area (Å²) in [5, 5.41) is 2.84. The molecule has 7 heteroatoms. The number of fused-ring (bicyclic) bond motifs is 1. The zero-order valence-electron chi connectivity index (χ0n) is 15.8. The molecule has 142 valence electrons. The number of esters is 1. The Morgan fingerprint density at radius 1 is 1.35 bits per heavy atom. The van der Waals surface area contributed by atoms with Crippen molar-refractivity contribution in [1.82, 2.24) is 9.97 Å². The van der Waals surface area contributed by atoms with Crippen LogP contribution in [0.5, 0.6) is 0 Å². The Labute approximate surface area is 157 Å². The molecular weight excluding hydrogens is 350 g/mol. The molecule has 2 aromatic heterocycles. The van der Waals surface area contributed by atoms with E-state index in [-0.39, 0.29) is 17.6 Å². The standard InChI is InChI=1S/C19H27N3O3S/c1-4-25-19(24)15-11(2)14-17(23)21-16(22-18(14)26-15)12(3)20-13-9-7-5-6-8-10-13/h12-13,20H,4-10H2,1-3H3,(H,21,22,23)/p+1/t12-/m1/s1. The molecule has 1 atom stereocenters. The Hall–Kier alpha value is -1.73. The predicted molar refractivity (Wildman–Crippen MR) is 103 cm³/mol. The lowest BCUT2D eigenvalue weighted by atomic mass is 10.1. The first-order valence-electron chi connectivity index (χ1n) is 9.56. The smallest absolute Gasteiger partial charge is 0.348 e. The number of aryl methyl sites for hydroxylation is 1. The molecule has 1 saturated carbocycles. The van der Waals surface area contributed by atoms with E-state index in [9.17, 15) is 9.59 Å². The molecule has 0 unspecified atom stereocenters. The maximum atomic E-state index is 12.6. The molecule has 3 rings (SSSR count). The quantitative estimate of drug-likeness (QED) is 0.618. The summed E-state index contributed by atoms with van der Waals surface area (Å²) in [4.78, 5) is 33.4. The van der Waals surface area contributed by atoms with E-state index < -0.39 is 0 Å². The van der Waals surface area contributed by atoms with Crippen molar-refractivity contribution in [3.05, 3.63) is 26.6 Å². The normalized spacial score (nSPS) is 17.2. The van der Waals surface area contributed by atoms with E-state index in [0.717, 1.165) is 0 Å². The van der Waals surface area contributed by atoms with Crippen LogP contribution in [0.1, 0.15) is 79.5 Å². The Morgan fingerprint density at radius 3 is 2.69 bits per heavy atom. The number of nitrogens with zero attached hydrogens (tertiary/aromatic N) is 1. The minimum absolute atomic E-state index is 0.0867. The van der Waals surface area contributed by atoms with E-state index >= 15 is 0 Å². The number of hydrogen-bond donors (Lipinski definition) is 2. The van der Waals surface area contributed by atoms with Crippen LogP contribution in [0.4, 0.5) is 0 Å². The molecule has 0 spiro atoms. The number of nitrogens with one attached hydrogen (secondary N) is 1. The fourth-order valence-electron chi connectivity index (χ4n) is 3.77. The van der Waals surface area contributed by atoms with Gasteiger partial charge in [0.1, 0.15) is 15.7 Å². The number of hydrogen-bond acceptors (Lipinski definition) is 5. The molecule has 0 amide bonds. The Balaban J connectivity index is 1.87. The van der Waals surface area contributed by atoms with Gasteiger partial charge < -0.3 is 15.0 Å². The average molecular weight is 379 g/mol. The van der Waals surface area contributed by atoms with Gasteiger partial charge in [0.15, 0.2) is 5.82 Å². The second-order valence-electron chi connectivity index (χ2n) is 7.14. The molecule has 2 aromatic rings. The predicted octanol–water partition coefficient (Wildman–Crippen LogP) is 2.82. The first kappa shape index (κ1) is 19.0. The van der Waals surface area contributed by atoms with Crippen LogP contribution >= 0.6 is 11.3 Å². The molecule has 0 saturated heterocycles. The van der Waals surface area contributed by atoms with Crippen LogP contribution in [0.2, 0.25) is 0 Å². The Bertz CT molecular complexity index is 834. The van der Waals surface area contributed by atoms with Crippen molar-refractivity contribution < 1.29 is 14.8 Å². The summed E-state index contributed by atoms with van der Waals surface area (Å²) in [7, 11) is 0. The van der Waals surface area contributed by atoms with Gasteiger partial charge in [-0.25, -0.2) is 9.78 Å². The number of H-pyrrole nitrogens is 1. The van der Waals surface area contributed by atoms with E-state index in [4.69, 9.17) is 4.74 Å². The molecule has 2 heterocycles. The van der Waals surface area contributed by atoms with Crippen molar-refractivity contribution in [2.75, 3.05) is 6.61 Å². The van der Waals surface area contributed by atoms with Crippen LogP contribution in [0.15, 0.2) is 4.79 Å². The van der Waals surface area contributed by atoms with Crippen LogP contribution in [0.25, 0.3) is 10.2 Å². The molecule has 1 fully saturated rings.